The van der Waals surface area contributed by atoms with E-state index in [-0.39, 0.29) is 0 Å². The van der Waals surface area contributed by atoms with Gasteiger partial charge in [0, 0.05) is 6.54 Å². The van der Waals surface area contributed by atoms with Gasteiger partial charge in [0.15, 0.2) is 0 Å². The number of ether oxygens (including phenoxy) is 1. The van der Waals surface area contributed by atoms with Gasteiger partial charge >= 0.3 is 11.7 Å². The molecule has 0 fully saturated rings. The first-order chi connectivity index (χ1) is 15.8. The molecule has 3 rings (SSSR count). The van der Waals surface area contributed by atoms with Gasteiger partial charge in [0.2, 0.25) is 0 Å². The van der Waals surface area contributed by atoms with Crippen LogP contribution in [0.3, 0.4) is 0 Å². The van der Waals surface area contributed by atoms with E-state index in [0.29, 0.717) is 23.2 Å². The van der Waals surface area contributed by atoms with E-state index >= 15 is 0 Å². The summed E-state index contributed by atoms with van der Waals surface area (Å²) in [6.07, 6.45) is 2.65. The average molecular weight is 550 g/mol. The van der Waals surface area contributed by atoms with E-state index in [1.807, 2.05) is 19.1 Å². The zero-order valence-electron chi connectivity index (χ0n) is 21.0. The molecule has 0 N–H and O–H groups in total. The normalized spacial score (nSPS) is 12.4. The van der Waals surface area contributed by atoms with Crippen LogP contribution in [-0.4, -0.2) is 20.7 Å². The number of hydrogen-bond acceptors (Lipinski definition) is 5. The fourth-order valence-electron chi connectivity index (χ4n) is 4.05. The zero-order valence-corrected chi connectivity index (χ0v) is 23.4. The summed E-state index contributed by atoms with van der Waals surface area (Å²) in [4.78, 5) is 41.1. The first-order valence-electron chi connectivity index (χ1n) is 11.5. The molecule has 0 radical (unpaired) electrons. The molecule has 0 saturated heterocycles. The predicted molar refractivity (Wildman–Crippen MR) is 142 cm³/mol. The van der Waals surface area contributed by atoms with E-state index in [9.17, 15) is 14.4 Å². The van der Waals surface area contributed by atoms with Crippen molar-refractivity contribution in [2.75, 3.05) is 0 Å². The van der Waals surface area contributed by atoms with Gasteiger partial charge in [-0.2, -0.15) is 0 Å². The lowest BCUT2D eigenvalue weighted by atomic mass is 10.0. The maximum absolute atomic E-state index is 13.8. The van der Waals surface area contributed by atoms with Crippen molar-refractivity contribution in [1.29, 1.82) is 0 Å². The molecule has 2 aromatic heterocycles. The highest BCUT2D eigenvalue weighted by Crippen LogP contribution is 2.33. The van der Waals surface area contributed by atoms with Crippen LogP contribution < -0.4 is 11.2 Å². The van der Waals surface area contributed by atoms with Gasteiger partial charge in [-0.3, -0.25) is 9.36 Å². The molecule has 0 amide bonds. The van der Waals surface area contributed by atoms with Crippen molar-refractivity contribution in [3.8, 4) is 0 Å². The van der Waals surface area contributed by atoms with E-state index in [2.05, 4.69) is 35.0 Å². The highest BCUT2D eigenvalue weighted by molar-refractivity contribution is 9.11. The van der Waals surface area contributed by atoms with Crippen LogP contribution in [0.25, 0.3) is 10.2 Å². The smallest absolute Gasteiger partial charge is 0.333 e. The average Bonchev–Trinajstić information content (AvgIpc) is 3.02. The third kappa shape index (κ3) is 5.08. The Hall–Kier alpha value is -2.19. The molecule has 0 aliphatic carbocycles. The van der Waals surface area contributed by atoms with E-state index < -0.39 is 28.4 Å². The van der Waals surface area contributed by atoms with Crippen LogP contribution in [-0.2, 0) is 34.5 Å². The topological polar surface area (TPSA) is 70.3 Å². The van der Waals surface area contributed by atoms with Crippen LogP contribution in [0.4, 0.5) is 0 Å². The predicted octanol–water partition coefficient (Wildman–Crippen LogP) is 5.57. The third-order valence-electron chi connectivity index (χ3n) is 5.85. The lowest BCUT2D eigenvalue weighted by Crippen LogP contribution is -2.54. The van der Waals surface area contributed by atoms with Crippen LogP contribution in [0.15, 0.2) is 37.6 Å². The molecular weight excluding hydrogens is 516 g/mol. The summed E-state index contributed by atoms with van der Waals surface area (Å²) in [5.41, 5.74) is 0.0112. The van der Waals surface area contributed by atoms with Crippen molar-refractivity contribution in [1.82, 2.24) is 9.13 Å². The lowest BCUT2D eigenvalue weighted by Gasteiger charge is -2.30. The standard InChI is InChI=1S/C26H33BrN2O4S/c1-8-11-17-12-9-10-13-18(17)14-15-28-22-19(16(2)20(27)34-22)21(30)29(24(28)32)26(6,7)23(31)33-25(3,4)5/h9-10,12-13H,8,11,14-15H2,1-7H3. The summed E-state index contributed by atoms with van der Waals surface area (Å²) < 4.78 is 9.07. The molecule has 0 aliphatic heterocycles. The summed E-state index contributed by atoms with van der Waals surface area (Å²) in [5.74, 6) is -0.620. The summed E-state index contributed by atoms with van der Waals surface area (Å²) in [6.45, 7) is 12.8. The molecule has 0 unspecified atom stereocenters. The number of fused-ring (bicyclic) bond motifs is 1. The maximum Gasteiger partial charge on any atom is 0.333 e. The maximum atomic E-state index is 13.8. The Labute approximate surface area is 212 Å². The lowest BCUT2D eigenvalue weighted by molar-refractivity contribution is -0.164. The number of nitrogens with zero attached hydrogens (tertiary/aromatic N) is 2. The SMILES string of the molecule is CCCc1ccccc1CCn1c(=O)n(C(C)(C)C(=O)OC(C)(C)C)c(=O)c2c(C)c(Br)sc21. The molecule has 184 valence electrons. The van der Waals surface area contributed by atoms with Gasteiger partial charge in [-0.15, -0.1) is 11.3 Å². The molecule has 1 aromatic carbocycles. The molecule has 8 heteroatoms. The number of aromatic nitrogens is 2. The quantitative estimate of drug-likeness (QED) is 0.362. The van der Waals surface area contributed by atoms with E-state index in [1.165, 1.54) is 22.5 Å². The zero-order chi connectivity index (χ0) is 25.4. The van der Waals surface area contributed by atoms with Gasteiger partial charge in [-0.25, -0.2) is 14.2 Å². The van der Waals surface area contributed by atoms with Gasteiger partial charge in [0.1, 0.15) is 16.0 Å². The van der Waals surface area contributed by atoms with Gasteiger partial charge in [-0.1, -0.05) is 37.6 Å². The number of benzene rings is 1. The molecule has 6 nitrogen and oxygen atoms in total. The minimum absolute atomic E-state index is 0.396. The third-order valence-corrected chi connectivity index (χ3v) is 8.04. The Morgan fingerprint density at radius 3 is 2.21 bits per heavy atom. The van der Waals surface area contributed by atoms with Gasteiger partial charge in [-0.05, 0) is 87.0 Å². The summed E-state index contributed by atoms with van der Waals surface area (Å²) in [6, 6.07) is 8.24. The van der Waals surface area contributed by atoms with Gasteiger partial charge in [0.05, 0.1) is 9.17 Å². The Bertz CT molecular complexity index is 1340. The largest absolute Gasteiger partial charge is 0.458 e. The van der Waals surface area contributed by atoms with Crippen molar-refractivity contribution >= 4 is 43.5 Å². The van der Waals surface area contributed by atoms with Crippen molar-refractivity contribution in [2.24, 2.45) is 0 Å². The molecule has 0 bridgehead atoms. The number of esters is 1. The van der Waals surface area contributed by atoms with E-state index in [1.54, 1.807) is 39.2 Å². The van der Waals surface area contributed by atoms with Crippen LogP contribution in [0.1, 0.15) is 64.7 Å². The second kappa shape index (κ2) is 9.82. The molecule has 0 aliphatic rings. The van der Waals surface area contributed by atoms with Crippen LogP contribution >= 0.6 is 27.3 Å². The Morgan fingerprint density at radius 2 is 1.65 bits per heavy atom. The number of rotatable bonds is 7. The molecular formula is C26H33BrN2O4S. The molecule has 34 heavy (non-hydrogen) atoms. The van der Waals surface area contributed by atoms with Crippen molar-refractivity contribution in [3.05, 3.63) is 65.6 Å². The van der Waals surface area contributed by atoms with Gasteiger partial charge < -0.3 is 4.74 Å². The van der Waals surface area contributed by atoms with Crippen LogP contribution in [0.2, 0.25) is 0 Å². The van der Waals surface area contributed by atoms with Gasteiger partial charge in [0.25, 0.3) is 5.56 Å². The first kappa shape index (κ1) is 26.4. The Kier molecular flexibility index (Phi) is 7.63. The number of carbonyl (C=O) groups excluding carboxylic acids is 1. The first-order valence-corrected chi connectivity index (χ1v) is 13.2. The highest BCUT2D eigenvalue weighted by Gasteiger charge is 2.38. The monoisotopic (exact) mass is 548 g/mol. The minimum atomic E-state index is -1.47. The minimum Gasteiger partial charge on any atom is -0.458 e. The summed E-state index contributed by atoms with van der Waals surface area (Å²) >= 11 is 4.91. The van der Waals surface area contributed by atoms with Crippen LogP contribution in [0.5, 0.6) is 0 Å². The number of carbonyl (C=O) groups is 1. The fourth-order valence-corrected chi connectivity index (χ4v) is 5.76. The fraction of sp³-hybridized carbons (Fsp3) is 0.500. The Balaban J connectivity index is 2.20. The Morgan fingerprint density at radius 1 is 1.06 bits per heavy atom. The number of thiophene rings is 1. The van der Waals surface area contributed by atoms with E-state index in [4.69, 9.17) is 4.74 Å². The molecule has 0 saturated carbocycles. The van der Waals surface area contributed by atoms with Crippen molar-refractivity contribution < 1.29 is 9.53 Å². The second-order valence-corrected chi connectivity index (χ2v) is 12.4. The summed E-state index contributed by atoms with van der Waals surface area (Å²) in [5, 5.41) is 0.454. The van der Waals surface area contributed by atoms with E-state index in [0.717, 1.165) is 26.8 Å². The number of halogens is 1. The molecule has 3 aromatic rings. The number of hydrogen-bond donors (Lipinski definition) is 0. The summed E-state index contributed by atoms with van der Waals surface area (Å²) in [7, 11) is 0. The van der Waals surface area contributed by atoms with Crippen molar-refractivity contribution in [2.45, 2.75) is 85.4 Å². The highest BCUT2D eigenvalue weighted by atomic mass is 79.9. The van der Waals surface area contributed by atoms with Crippen LogP contribution in [0, 0.1) is 6.92 Å². The molecule has 2 heterocycles. The molecule has 0 atom stereocenters. The molecule has 0 spiro atoms. The number of aryl methyl sites for hydroxylation is 4. The van der Waals surface area contributed by atoms with Crippen molar-refractivity contribution in [3.63, 3.8) is 0 Å². The second-order valence-electron chi connectivity index (χ2n) is 10.1.